The molecule has 0 unspecified atom stereocenters. The molecule has 0 heterocycles. The van der Waals surface area contributed by atoms with Gasteiger partial charge in [0.2, 0.25) is 0 Å². The molecule has 0 fully saturated rings. The summed E-state index contributed by atoms with van der Waals surface area (Å²) in [5.41, 5.74) is 12.4. The van der Waals surface area contributed by atoms with Gasteiger partial charge in [0, 0.05) is 10.5 Å². The van der Waals surface area contributed by atoms with E-state index in [9.17, 15) is 13.2 Å². The molecule has 0 atom stereocenters. The van der Waals surface area contributed by atoms with E-state index in [1.165, 1.54) is 0 Å². The number of halogens is 4. The summed E-state index contributed by atoms with van der Waals surface area (Å²) in [6, 6.07) is 15.3. The third-order valence-corrected chi connectivity index (χ3v) is 3.17. The lowest BCUT2D eigenvalue weighted by Gasteiger charge is -2.07. The van der Waals surface area contributed by atoms with Gasteiger partial charge in [-0.25, -0.2) is 9.79 Å². The van der Waals surface area contributed by atoms with Crippen LogP contribution in [0.3, 0.4) is 0 Å². The van der Waals surface area contributed by atoms with Crippen molar-refractivity contribution in [3.8, 4) is 5.75 Å². The van der Waals surface area contributed by atoms with Gasteiger partial charge in [0.15, 0.2) is 5.96 Å². The molecule has 2 aromatic carbocycles. The van der Waals surface area contributed by atoms with E-state index in [2.05, 4.69) is 20.9 Å². The third-order valence-electron chi connectivity index (χ3n) is 2.64. The maximum Gasteiger partial charge on any atom is 0.490 e. The van der Waals surface area contributed by atoms with Crippen LogP contribution in [-0.4, -0.2) is 23.2 Å². The average Bonchev–Trinajstić information content (AvgIpc) is 2.54. The number of benzene rings is 2. The number of aliphatic imine (C=N–C) groups is 1. The van der Waals surface area contributed by atoms with Crippen molar-refractivity contribution in [1.82, 2.24) is 0 Å². The Balaban J connectivity index is 0.000000412. The van der Waals surface area contributed by atoms with Gasteiger partial charge in [-0.3, -0.25) is 0 Å². The van der Waals surface area contributed by atoms with Crippen LogP contribution in [0, 0.1) is 0 Å². The van der Waals surface area contributed by atoms with Gasteiger partial charge < -0.3 is 21.3 Å². The minimum atomic E-state index is -5.08. The molecule has 5 N–H and O–H groups in total. The number of carboxylic acid groups (broad SMARTS) is 1. The Morgan fingerprint density at radius 2 is 1.73 bits per heavy atom. The Hall–Kier alpha value is -2.75. The van der Waals surface area contributed by atoms with Gasteiger partial charge in [-0.05, 0) is 29.8 Å². The number of carbonyl (C=O) groups is 1. The van der Waals surface area contributed by atoms with E-state index < -0.39 is 12.1 Å². The monoisotopic (exact) mass is 433 g/mol. The molecule has 140 valence electrons. The van der Waals surface area contributed by atoms with E-state index in [0.29, 0.717) is 12.3 Å². The molecule has 0 radical (unpaired) electrons. The second-order valence-electron chi connectivity index (χ2n) is 4.75. The van der Waals surface area contributed by atoms with Gasteiger partial charge in [0.05, 0.1) is 5.69 Å². The van der Waals surface area contributed by atoms with Crippen molar-refractivity contribution in [2.24, 2.45) is 16.5 Å². The molecule has 26 heavy (non-hydrogen) atoms. The number of aliphatic carboxylic acids is 1. The molecule has 0 aliphatic carbocycles. The summed E-state index contributed by atoms with van der Waals surface area (Å²) in [7, 11) is 0. The maximum absolute atomic E-state index is 10.6. The molecule has 0 spiro atoms. The minimum Gasteiger partial charge on any atom is -0.489 e. The molecular weight excluding hydrogens is 419 g/mol. The summed E-state index contributed by atoms with van der Waals surface area (Å²) in [6.45, 7) is 0.499. The first-order valence-electron chi connectivity index (χ1n) is 6.95. The Morgan fingerprint density at radius 1 is 1.15 bits per heavy atom. The van der Waals surface area contributed by atoms with Crippen LogP contribution in [0.1, 0.15) is 5.56 Å². The molecule has 2 rings (SSSR count). The Labute approximate surface area is 155 Å². The first-order valence-corrected chi connectivity index (χ1v) is 7.74. The van der Waals surface area contributed by atoms with Gasteiger partial charge in [-0.1, -0.05) is 34.1 Å². The van der Waals surface area contributed by atoms with Crippen molar-refractivity contribution < 1.29 is 27.8 Å². The minimum absolute atomic E-state index is 0.0325. The molecule has 0 aromatic heterocycles. The molecular formula is C16H15BrF3N3O3. The predicted octanol–water partition coefficient (Wildman–Crippen LogP) is 3.57. The van der Waals surface area contributed by atoms with Crippen molar-refractivity contribution in [3.63, 3.8) is 0 Å². The highest BCUT2D eigenvalue weighted by Gasteiger charge is 2.38. The Kier molecular flexibility index (Phi) is 7.91. The fourth-order valence-electron chi connectivity index (χ4n) is 1.54. The fourth-order valence-corrected chi connectivity index (χ4v) is 1.80. The summed E-state index contributed by atoms with van der Waals surface area (Å²) < 4.78 is 38.5. The highest BCUT2D eigenvalue weighted by atomic mass is 79.9. The lowest BCUT2D eigenvalue weighted by atomic mass is 10.2. The van der Waals surface area contributed by atoms with Crippen molar-refractivity contribution in [3.05, 3.63) is 58.6 Å². The van der Waals surface area contributed by atoms with Gasteiger partial charge in [-0.2, -0.15) is 13.2 Å². The number of rotatable bonds is 4. The van der Waals surface area contributed by atoms with Gasteiger partial charge in [0.25, 0.3) is 0 Å². The fraction of sp³-hybridized carbons (Fsp3) is 0.125. The lowest BCUT2D eigenvalue weighted by molar-refractivity contribution is -0.192. The molecule has 0 saturated carbocycles. The highest BCUT2D eigenvalue weighted by molar-refractivity contribution is 9.10. The number of guanidine groups is 1. The molecule has 0 bridgehead atoms. The Morgan fingerprint density at radius 3 is 2.23 bits per heavy atom. The van der Waals surface area contributed by atoms with Crippen molar-refractivity contribution in [2.75, 3.05) is 0 Å². The summed E-state index contributed by atoms with van der Waals surface area (Å²) in [5, 5.41) is 7.12. The van der Waals surface area contributed by atoms with Crippen LogP contribution >= 0.6 is 15.9 Å². The smallest absolute Gasteiger partial charge is 0.489 e. The lowest BCUT2D eigenvalue weighted by Crippen LogP contribution is -2.21. The van der Waals surface area contributed by atoms with Crippen LogP contribution in [0.25, 0.3) is 0 Å². The van der Waals surface area contributed by atoms with E-state index in [1.54, 1.807) is 6.07 Å². The second kappa shape index (κ2) is 9.66. The maximum atomic E-state index is 10.6. The zero-order chi connectivity index (χ0) is 19.7. The highest BCUT2D eigenvalue weighted by Crippen LogP contribution is 2.21. The van der Waals surface area contributed by atoms with Crippen molar-refractivity contribution in [1.29, 1.82) is 0 Å². The number of ether oxygens (including phenoxy) is 1. The van der Waals surface area contributed by atoms with Gasteiger partial charge in [0.1, 0.15) is 12.4 Å². The second-order valence-corrected chi connectivity index (χ2v) is 5.67. The number of nitrogens with two attached hydrogens (primary N) is 2. The summed E-state index contributed by atoms with van der Waals surface area (Å²) in [5.74, 6) is -2.00. The Bertz CT molecular complexity index is 761. The summed E-state index contributed by atoms with van der Waals surface area (Å²) >= 11 is 3.39. The van der Waals surface area contributed by atoms with Crippen LogP contribution in [0.2, 0.25) is 0 Å². The van der Waals surface area contributed by atoms with E-state index >= 15 is 0 Å². The first-order chi connectivity index (χ1) is 12.1. The van der Waals surface area contributed by atoms with Gasteiger partial charge >= 0.3 is 12.1 Å². The van der Waals surface area contributed by atoms with Crippen LogP contribution in [0.15, 0.2) is 58.0 Å². The number of hydrogen-bond donors (Lipinski definition) is 3. The molecule has 2 aromatic rings. The molecule has 0 aliphatic rings. The number of hydrogen-bond acceptors (Lipinski definition) is 3. The number of alkyl halides is 3. The van der Waals surface area contributed by atoms with E-state index in [4.69, 9.17) is 26.1 Å². The molecule has 0 saturated heterocycles. The standard InChI is InChI=1S/C14H14BrN3O.C2HF3O2/c15-11-6-4-10(5-7-11)9-19-13-3-1-2-12(8-13)18-14(16)17;3-2(4,5)1(6)7/h1-8H,9H2,(H4,16,17,18);(H,6,7). The normalized spacial score (nSPS) is 10.3. The quantitative estimate of drug-likeness (QED) is 0.504. The largest absolute Gasteiger partial charge is 0.490 e. The summed E-state index contributed by atoms with van der Waals surface area (Å²) in [6.07, 6.45) is -5.08. The first kappa shape index (κ1) is 21.3. The SMILES string of the molecule is NC(N)=Nc1cccc(OCc2ccc(Br)cc2)c1.O=C(O)C(F)(F)F. The third kappa shape index (κ3) is 8.38. The van der Waals surface area contributed by atoms with Crippen molar-refractivity contribution in [2.45, 2.75) is 12.8 Å². The molecule has 0 amide bonds. The van der Waals surface area contributed by atoms with Crippen LogP contribution < -0.4 is 16.2 Å². The van der Waals surface area contributed by atoms with Crippen LogP contribution in [0.5, 0.6) is 5.75 Å². The van der Waals surface area contributed by atoms with Crippen LogP contribution in [0.4, 0.5) is 18.9 Å². The van der Waals surface area contributed by atoms with Crippen molar-refractivity contribution >= 4 is 33.5 Å². The van der Waals surface area contributed by atoms with E-state index in [-0.39, 0.29) is 5.96 Å². The number of nitrogens with zero attached hydrogens (tertiary/aromatic N) is 1. The van der Waals surface area contributed by atoms with E-state index in [0.717, 1.165) is 15.8 Å². The molecule has 6 nitrogen and oxygen atoms in total. The predicted molar refractivity (Wildman–Crippen MR) is 94.1 cm³/mol. The topological polar surface area (TPSA) is 111 Å². The summed E-state index contributed by atoms with van der Waals surface area (Å²) in [4.78, 5) is 12.9. The molecule has 10 heteroatoms. The average molecular weight is 434 g/mol. The zero-order valence-corrected chi connectivity index (χ0v) is 14.8. The zero-order valence-electron chi connectivity index (χ0n) is 13.2. The number of carboxylic acids is 1. The van der Waals surface area contributed by atoms with Gasteiger partial charge in [-0.15, -0.1) is 0 Å². The van der Waals surface area contributed by atoms with Crippen LogP contribution in [-0.2, 0) is 11.4 Å². The molecule has 0 aliphatic heterocycles. The van der Waals surface area contributed by atoms with E-state index in [1.807, 2.05) is 42.5 Å².